The number of halogens is 2. The van der Waals surface area contributed by atoms with Crippen molar-refractivity contribution >= 4 is 33.4 Å². The molecule has 1 aliphatic carbocycles. The summed E-state index contributed by atoms with van der Waals surface area (Å²) in [7, 11) is -3.60. The van der Waals surface area contributed by atoms with Crippen molar-refractivity contribution in [3.05, 3.63) is 74.9 Å². The maximum atomic E-state index is 15.4. The number of anilines is 1. The van der Waals surface area contributed by atoms with Crippen molar-refractivity contribution < 1.29 is 27.4 Å². The summed E-state index contributed by atoms with van der Waals surface area (Å²) in [6.45, 7) is 3.31. The minimum Gasteiger partial charge on any atom is -0.465 e. The van der Waals surface area contributed by atoms with Crippen LogP contribution in [0.4, 0.5) is 14.9 Å². The fraction of sp³-hybridized carbons (Fsp3) is 0.581. The zero-order valence-electron chi connectivity index (χ0n) is 25.3. The first-order chi connectivity index (χ1) is 21.6. The van der Waals surface area contributed by atoms with Crippen LogP contribution < -0.4 is 5.32 Å². The molecule has 2 heterocycles. The molecule has 45 heavy (non-hydrogen) atoms. The van der Waals surface area contributed by atoms with Gasteiger partial charge in [0.05, 0.1) is 11.3 Å². The number of carbonyl (C=O) groups is 1. The molecule has 2 saturated heterocycles. The molecule has 11 nitrogen and oxygen atoms in total. The molecule has 0 aromatic heterocycles. The molecule has 3 fully saturated rings. The molecule has 0 spiro atoms. The first-order valence-corrected chi connectivity index (χ1v) is 17.4. The van der Waals surface area contributed by atoms with Gasteiger partial charge in [0.2, 0.25) is 10.0 Å². The molecule has 5 rings (SSSR count). The highest BCUT2D eigenvalue weighted by Crippen LogP contribution is 2.38. The summed E-state index contributed by atoms with van der Waals surface area (Å²) in [5.41, 5.74) is 11.4. The number of amides is 1. The van der Waals surface area contributed by atoms with E-state index in [-0.39, 0.29) is 44.3 Å². The van der Waals surface area contributed by atoms with Gasteiger partial charge in [-0.15, -0.1) is 0 Å². The van der Waals surface area contributed by atoms with E-state index in [0.29, 0.717) is 42.3 Å². The Balaban J connectivity index is 1.37. The Kier molecular flexibility index (Phi) is 10.8. The van der Waals surface area contributed by atoms with Gasteiger partial charge < -0.3 is 20.1 Å². The highest BCUT2D eigenvalue weighted by Gasteiger charge is 2.47. The first-order valence-electron chi connectivity index (χ1n) is 15.5. The number of nitrogens with zero attached hydrogens (tertiary/aromatic N) is 5. The Morgan fingerprint density at radius 3 is 2.53 bits per heavy atom. The summed E-state index contributed by atoms with van der Waals surface area (Å²) >= 11 is 6.17. The maximum Gasteiger partial charge on any atom is 0.407 e. The van der Waals surface area contributed by atoms with Crippen LogP contribution in [0, 0.1) is 11.7 Å². The molecule has 1 saturated carbocycles. The summed E-state index contributed by atoms with van der Waals surface area (Å²) in [4.78, 5) is 16.3. The Morgan fingerprint density at radius 1 is 1.18 bits per heavy atom. The van der Waals surface area contributed by atoms with Gasteiger partial charge in [0, 0.05) is 66.1 Å². The third kappa shape index (κ3) is 7.84. The number of rotatable bonds is 12. The molecule has 1 amide bonds. The fourth-order valence-corrected chi connectivity index (χ4v) is 9.28. The highest BCUT2D eigenvalue weighted by molar-refractivity contribution is 7.90. The van der Waals surface area contributed by atoms with Crippen LogP contribution in [0.5, 0.6) is 0 Å². The van der Waals surface area contributed by atoms with Gasteiger partial charge in [-0.25, -0.2) is 17.6 Å². The van der Waals surface area contributed by atoms with Crippen LogP contribution in [0.2, 0.25) is 5.02 Å². The van der Waals surface area contributed by atoms with Crippen molar-refractivity contribution in [2.75, 3.05) is 38.2 Å². The minimum atomic E-state index is -3.60. The number of ether oxygens (including phenoxy) is 1. The average Bonchev–Trinajstić information content (AvgIpc) is 3.87. The first kappa shape index (κ1) is 33.3. The van der Waals surface area contributed by atoms with Crippen molar-refractivity contribution in [3.8, 4) is 0 Å². The van der Waals surface area contributed by atoms with Gasteiger partial charge >= 0.3 is 6.09 Å². The molecule has 3 aliphatic rings. The van der Waals surface area contributed by atoms with Crippen LogP contribution in [-0.4, -0.2) is 85.0 Å². The summed E-state index contributed by atoms with van der Waals surface area (Å²) in [5, 5.41) is 17.4. The van der Waals surface area contributed by atoms with Crippen LogP contribution in [0.1, 0.15) is 56.1 Å². The van der Waals surface area contributed by atoms with E-state index < -0.39 is 45.3 Å². The van der Waals surface area contributed by atoms with E-state index in [1.807, 2.05) is 24.3 Å². The number of sulfonamides is 1. The van der Waals surface area contributed by atoms with Gasteiger partial charge in [0.25, 0.3) is 0 Å². The molecule has 244 valence electrons. The molecule has 4 atom stereocenters. The number of hydrogen-bond acceptors (Lipinski definition) is 6. The largest absolute Gasteiger partial charge is 0.465 e. The van der Waals surface area contributed by atoms with Crippen molar-refractivity contribution in [2.24, 2.45) is 11.0 Å². The Bertz CT molecular complexity index is 1500. The van der Waals surface area contributed by atoms with Gasteiger partial charge in [-0.2, -0.15) is 4.31 Å². The molecule has 14 heteroatoms. The summed E-state index contributed by atoms with van der Waals surface area (Å²) in [6.07, 6.45) is 2.13. The molecule has 2 N–H and O–H groups in total. The normalized spacial score (nSPS) is 22.8. The van der Waals surface area contributed by atoms with E-state index in [2.05, 4.69) is 15.3 Å². The number of carboxylic acid groups (broad SMARTS) is 1. The average molecular weight is 663 g/mol. The van der Waals surface area contributed by atoms with Gasteiger partial charge in [0.1, 0.15) is 5.82 Å². The topological polar surface area (TPSA) is 148 Å². The van der Waals surface area contributed by atoms with Gasteiger partial charge in [-0.1, -0.05) is 34.9 Å². The van der Waals surface area contributed by atoms with E-state index in [9.17, 15) is 23.8 Å². The predicted molar refractivity (Wildman–Crippen MR) is 171 cm³/mol. The number of benzene rings is 2. The van der Waals surface area contributed by atoms with Crippen LogP contribution in [-0.2, 0) is 21.2 Å². The van der Waals surface area contributed by atoms with Crippen LogP contribution in [0.15, 0.2) is 47.6 Å². The second-order valence-corrected chi connectivity index (χ2v) is 14.8. The van der Waals surface area contributed by atoms with Crippen LogP contribution in [0.25, 0.3) is 10.4 Å². The molecule has 2 aromatic rings. The summed E-state index contributed by atoms with van der Waals surface area (Å²) < 4.78 is 49.2. The number of piperazine rings is 1. The Labute approximate surface area is 268 Å². The Hall–Kier alpha value is -3.09. The SMILES string of the molecule is CC1CN(C(=O)O)CC(CCc2c(F)cccc2NCC(N=[N+]=[N-])C(c2ccc(Cl)cc2)C2CCOCC2)N1S(=O)(=O)C1CC1. The second-order valence-electron chi connectivity index (χ2n) is 12.2. The summed E-state index contributed by atoms with van der Waals surface area (Å²) in [5.74, 6) is -0.373. The second kappa shape index (κ2) is 14.6. The maximum absolute atomic E-state index is 15.4. The summed E-state index contributed by atoms with van der Waals surface area (Å²) in [6, 6.07) is 10.6. The molecule has 2 aliphatic heterocycles. The fourth-order valence-electron chi connectivity index (χ4n) is 6.92. The van der Waals surface area contributed by atoms with E-state index in [1.54, 1.807) is 19.1 Å². The van der Waals surface area contributed by atoms with Crippen LogP contribution in [0.3, 0.4) is 0 Å². The van der Waals surface area contributed by atoms with Crippen molar-refractivity contribution in [3.63, 3.8) is 0 Å². The van der Waals surface area contributed by atoms with E-state index >= 15 is 4.39 Å². The highest BCUT2D eigenvalue weighted by atomic mass is 35.5. The lowest BCUT2D eigenvalue weighted by molar-refractivity contribution is 0.0551. The van der Waals surface area contributed by atoms with Crippen molar-refractivity contribution in [2.45, 2.75) is 74.7 Å². The lowest BCUT2D eigenvalue weighted by atomic mass is 9.77. The minimum absolute atomic E-state index is 0.0235. The zero-order chi connectivity index (χ0) is 32.1. The van der Waals surface area contributed by atoms with E-state index in [4.69, 9.17) is 16.3 Å². The molecule has 4 unspecified atom stereocenters. The van der Waals surface area contributed by atoms with Gasteiger partial charge in [-0.05, 0) is 92.6 Å². The van der Waals surface area contributed by atoms with Crippen molar-refractivity contribution in [1.29, 1.82) is 0 Å². The number of hydrogen-bond donors (Lipinski definition) is 2. The number of nitrogens with one attached hydrogen (secondary N) is 1. The standard InChI is InChI=1S/C31H40ClFN6O5S/c1-20-18-38(31(40)41)19-24(39(20)45(42,43)25-10-11-25)9-12-26-27(33)3-2-4-28(26)35-17-29(36-37-34)30(22-13-15-44-16-14-22)21-5-7-23(32)8-6-21/h2-8,20,22,24-25,29-30,35H,9-19H2,1H3,(H,40,41). The zero-order valence-corrected chi connectivity index (χ0v) is 26.8. The monoisotopic (exact) mass is 662 g/mol. The molecular weight excluding hydrogens is 623 g/mol. The van der Waals surface area contributed by atoms with E-state index in [1.165, 1.54) is 15.3 Å². The quantitative estimate of drug-likeness (QED) is 0.156. The molecule has 0 bridgehead atoms. The van der Waals surface area contributed by atoms with Crippen molar-refractivity contribution in [1.82, 2.24) is 9.21 Å². The van der Waals surface area contributed by atoms with Gasteiger partial charge in [0.15, 0.2) is 0 Å². The molecule has 0 radical (unpaired) electrons. The Morgan fingerprint density at radius 2 is 1.89 bits per heavy atom. The smallest absolute Gasteiger partial charge is 0.407 e. The predicted octanol–water partition coefficient (Wildman–Crippen LogP) is 6.26. The van der Waals surface area contributed by atoms with E-state index in [0.717, 1.165) is 18.4 Å². The number of azide groups is 1. The van der Waals surface area contributed by atoms with Gasteiger partial charge in [-0.3, -0.25) is 0 Å². The molecule has 2 aromatic carbocycles. The third-order valence-electron chi connectivity index (χ3n) is 9.21. The lowest BCUT2D eigenvalue weighted by Gasteiger charge is -2.44. The lowest BCUT2D eigenvalue weighted by Crippen LogP contribution is -2.61. The van der Waals surface area contributed by atoms with Crippen LogP contribution >= 0.6 is 11.6 Å². The third-order valence-corrected chi connectivity index (χ3v) is 12.0. The molecular formula is C31H40ClFN6O5S.